The van der Waals surface area contributed by atoms with Crippen molar-refractivity contribution in [1.82, 2.24) is 15.3 Å². The molecule has 5 nitrogen and oxygen atoms in total. The van der Waals surface area contributed by atoms with Crippen LogP contribution in [0.5, 0.6) is 0 Å². The van der Waals surface area contributed by atoms with Gasteiger partial charge >= 0.3 is 6.03 Å². The lowest BCUT2D eigenvalue weighted by Gasteiger charge is -2.28. The molecule has 3 aromatic rings. The lowest BCUT2D eigenvalue weighted by molar-refractivity contribution is 0.242. The van der Waals surface area contributed by atoms with Crippen LogP contribution in [0.2, 0.25) is 10.0 Å². The van der Waals surface area contributed by atoms with Gasteiger partial charge in [-0.25, -0.2) is 9.78 Å². The average Bonchev–Trinajstić information content (AvgIpc) is 3.08. The molecule has 2 aromatic carbocycles. The number of urea groups is 1. The maximum Gasteiger partial charge on any atom is 0.319 e. The van der Waals surface area contributed by atoms with E-state index in [1.165, 1.54) is 0 Å². The number of hydrogen-bond acceptors (Lipinski definition) is 2. The molecule has 1 aliphatic rings. The Labute approximate surface area is 167 Å². The smallest absolute Gasteiger partial charge is 0.319 e. The second-order valence-corrected chi connectivity index (χ2v) is 7.77. The van der Waals surface area contributed by atoms with Crippen LogP contribution in [-0.4, -0.2) is 22.0 Å². The Balaban J connectivity index is 1.40. The Morgan fingerprint density at radius 1 is 1.15 bits per heavy atom. The molecule has 1 heterocycles. The lowest BCUT2D eigenvalue weighted by Crippen LogP contribution is -2.40. The summed E-state index contributed by atoms with van der Waals surface area (Å²) in [6.07, 6.45) is 3.94. The van der Waals surface area contributed by atoms with Crippen LogP contribution in [0.1, 0.15) is 37.4 Å². The third kappa shape index (κ3) is 4.20. The molecule has 0 radical (unpaired) electrons. The number of rotatable bonds is 3. The Kier molecular flexibility index (Phi) is 5.23. The van der Waals surface area contributed by atoms with Crippen molar-refractivity contribution in [3.8, 4) is 0 Å². The molecule has 2 atom stereocenters. The zero-order valence-corrected chi connectivity index (χ0v) is 16.1. The molecular weight excluding hydrogens is 383 g/mol. The monoisotopic (exact) mass is 402 g/mol. The highest BCUT2D eigenvalue weighted by Gasteiger charge is 2.26. The molecule has 3 N–H and O–H groups in total. The molecular formula is C20H20Cl2N4O. The standard InChI is InChI=1S/C20H20Cl2N4O/c21-13-8-9-16(15(22)11-13)26-20(27)23-14-5-3-4-12(10-14)19-24-17-6-1-2-7-18(17)25-19/h1-2,6-9,11-12,14H,3-5,10H2,(H,24,25)(H2,23,26,27). The molecule has 0 bridgehead atoms. The molecule has 2 amide bonds. The molecule has 4 rings (SSSR count). The van der Waals surface area contributed by atoms with E-state index in [-0.39, 0.29) is 12.1 Å². The van der Waals surface area contributed by atoms with E-state index in [4.69, 9.17) is 28.2 Å². The second-order valence-electron chi connectivity index (χ2n) is 6.92. The van der Waals surface area contributed by atoms with Crippen molar-refractivity contribution >= 4 is 46.0 Å². The van der Waals surface area contributed by atoms with Gasteiger partial charge in [0.25, 0.3) is 0 Å². The maximum atomic E-state index is 12.4. The summed E-state index contributed by atoms with van der Waals surface area (Å²) in [7, 11) is 0. The van der Waals surface area contributed by atoms with Gasteiger partial charge in [-0.15, -0.1) is 0 Å². The van der Waals surface area contributed by atoms with Crippen molar-refractivity contribution in [3.63, 3.8) is 0 Å². The Bertz CT molecular complexity index is 939. The van der Waals surface area contributed by atoms with Gasteiger partial charge in [0, 0.05) is 17.0 Å². The Morgan fingerprint density at radius 3 is 2.81 bits per heavy atom. The van der Waals surface area contributed by atoms with Crippen LogP contribution in [0.3, 0.4) is 0 Å². The van der Waals surface area contributed by atoms with Crippen molar-refractivity contribution in [2.45, 2.75) is 37.6 Å². The van der Waals surface area contributed by atoms with Crippen molar-refractivity contribution in [3.05, 3.63) is 58.3 Å². The fourth-order valence-corrected chi connectivity index (χ4v) is 4.13. The molecule has 0 aliphatic heterocycles. The number of amides is 2. The normalized spacial score (nSPS) is 19.8. The van der Waals surface area contributed by atoms with E-state index in [2.05, 4.69) is 15.6 Å². The minimum atomic E-state index is -0.255. The number of aromatic nitrogens is 2. The van der Waals surface area contributed by atoms with E-state index < -0.39 is 0 Å². The Morgan fingerprint density at radius 2 is 2.00 bits per heavy atom. The first-order chi connectivity index (χ1) is 13.1. The van der Waals surface area contributed by atoms with Gasteiger partial charge in [0.2, 0.25) is 0 Å². The van der Waals surface area contributed by atoms with Gasteiger partial charge in [0.15, 0.2) is 0 Å². The van der Waals surface area contributed by atoms with Gasteiger partial charge in [0.05, 0.1) is 21.7 Å². The molecule has 7 heteroatoms. The highest BCUT2D eigenvalue weighted by Crippen LogP contribution is 2.32. The summed E-state index contributed by atoms with van der Waals surface area (Å²) < 4.78 is 0. The third-order valence-electron chi connectivity index (χ3n) is 4.98. The van der Waals surface area contributed by atoms with E-state index in [0.717, 1.165) is 42.5 Å². The Hall–Kier alpha value is -2.24. The summed E-state index contributed by atoms with van der Waals surface area (Å²) in [6.45, 7) is 0. The number of benzene rings is 2. The molecule has 1 aliphatic carbocycles. The summed E-state index contributed by atoms with van der Waals surface area (Å²) in [4.78, 5) is 20.5. The number of fused-ring (bicyclic) bond motifs is 1. The van der Waals surface area contributed by atoms with Gasteiger partial charge in [-0.3, -0.25) is 0 Å². The van der Waals surface area contributed by atoms with Crippen LogP contribution in [0, 0.1) is 0 Å². The molecule has 2 unspecified atom stereocenters. The predicted octanol–water partition coefficient (Wildman–Crippen LogP) is 5.72. The summed E-state index contributed by atoms with van der Waals surface area (Å²) in [6, 6.07) is 12.9. The molecule has 1 saturated carbocycles. The third-order valence-corrected chi connectivity index (χ3v) is 5.53. The number of carbonyl (C=O) groups excluding carboxylic acids is 1. The van der Waals surface area contributed by atoms with Crippen molar-refractivity contribution in [2.75, 3.05) is 5.32 Å². The molecule has 0 spiro atoms. The first-order valence-corrected chi connectivity index (χ1v) is 9.81. The summed E-state index contributed by atoms with van der Waals surface area (Å²) in [5, 5.41) is 6.81. The zero-order valence-electron chi connectivity index (χ0n) is 14.6. The first kappa shape index (κ1) is 18.1. The highest BCUT2D eigenvalue weighted by atomic mass is 35.5. The topological polar surface area (TPSA) is 69.8 Å². The molecule has 0 saturated heterocycles. The van der Waals surface area contributed by atoms with Gasteiger partial charge < -0.3 is 15.6 Å². The minimum Gasteiger partial charge on any atom is -0.342 e. The zero-order chi connectivity index (χ0) is 18.8. The quantitative estimate of drug-likeness (QED) is 0.524. The minimum absolute atomic E-state index is 0.100. The van der Waals surface area contributed by atoms with Crippen LogP contribution >= 0.6 is 23.2 Å². The fraction of sp³-hybridized carbons (Fsp3) is 0.300. The molecule has 1 fully saturated rings. The van der Waals surface area contributed by atoms with Crippen LogP contribution in [0.25, 0.3) is 11.0 Å². The van der Waals surface area contributed by atoms with Gasteiger partial charge in [-0.05, 0) is 49.6 Å². The van der Waals surface area contributed by atoms with E-state index in [9.17, 15) is 4.79 Å². The molecule has 1 aromatic heterocycles. The summed E-state index contributed by atoms with van der Waals surface area (Å²) in [5.74, 6) is 1.32. The van der Waals surface area contributed by atoms with Gasteiger partial charge in [-0.1, -0.05) is 41.8 Å². The van der Waals surface area contributed by atoms with E-state index in [1.807, 2.05) is 24.3 Å². The van der Waals surface area contributed by atoms with Crippen molar-refractivity contribution < 1.29 is 4.79 Å². The predicted molar refractivity (Wildman–Crippen MR) is 110 cm³/mol. The number of imidazole rings is 1. The van der Waals surface area contributed by atoms with Crippen LogP contribution in [0.15, 0.2) is 42.5 Å². The van der Waals surface area contributed by atoms with Gasteiger partial charge in [-0.2, -0.15) is 0 Å². The number of hydrogen-bond donors (Lipinski definition) is 3. The fourth-order valence-electron chi connectivity index (χ4n) is 3.67. The van der Waals surface area contributed by atoms with E-state index >= 15 is 0 Å². The maximum absolute atomic E-state index is 12.4. The number of carbonyl (C=O) groups is 1. The van der Waals surface area contributed by atoms with E-state index in [1.54, 1.807) is 18.2 Å². The lowest BCUT2D eigenvalue weighted by atomic mass is 9.85. The highest BCUT2D eigenvalue weighted by molar-refractivity contribution is 6.36. The van der Waals surface area contributed by atoms with Gasteiger partial charge in [0.1, 0.15) is 5.82 Å². The van der Waals surface area contributed by atoms with Crippen LogP contribution in [-0.2, 0) is 0 Å². The number of anilines is 1. The van der Waals surface area contributed by atoms with Crippen molar-refractivity contribution in [1.29, 1.82) is 0 Å². The number of aromatic amines is 1. The van der Waals surface area contributed by atoms with Crippen LogP contribution < -0.4 is 10.6 Å². The van der Waals surface area contributed by atoms with Crippen molar-refractivity contribution in [2.24, 2.45) is 0 Å². The largest absolute Gasteiger partial charge is 0.342 e. The summed E-state index contributed by atoms with van der Waals surface area (Å²) >= 11 is 12.0. The number of H-pyrrole nitrogens is 1. The first-order valence-electron chi connectivity index (χ1n) is 9.06. The number of nitrogens with zero attached hydrogens (tertiary/aromatic N) is 1. The second kappa shape index (κ2) is 7.79. The molecule has 140 valence electrons. The summed E-state index contributed by atoms with van der Waals surface area (Å²) in [5.41, 5.74) is 2.58. The number of para-hydroxylation sites is 2. The SMILES string of the molecule is O=C(Nc1ccc(Cl)cc1Cl)NC1CCCC(c2nc3ccccc3[nH]2)C1. The van der Waals surface area contributed by atoms with E-state index in [0.29, 0.717) is 21.7 Å². The molecule has 27 heavy (non-hydrogen) atoms. The van der Waals surface area contributed by atoms with Crippen LogP contribution in [0.4, 0.5) is 10.5 Å². The number of halogens is 2. The average molecular weight is 403 g/mol. The number of nitrogens with one attached hydrogen (secondary N) is 3.